The van der Waals surface area contributed by atoms with Gasteiger partial charge >= 0.3 is 0 Å². The molecule has 0 unspecified atom stereocenters. The first-order valence-electron chi connectivity index (χ1n) is 7.29. The topological polar surface area (TPSA) is 58.2 Å². The predicted octanol–water partition coefficient (Wildman–Crippen LogP) is 3.78. The van der Waals surface area contributed by atoms with Gasteiger partial charge in [-0.05, 0) is 42.0 Å². The maximum Gasteiger partial charge on any atom is 0.265 e. The van der Waals surface area contributed by atoms with E-state index in [0.29, 0.717) is 28.6 Å². The molecule has 1 aromatic heterocycles. The molecule has 0 saturated heterocycles. The maximum atomic E-state index is 12.1. The zero-order valence-corrected chi connectivity index (χ0v) is 13.6. The van der Waals surface area contributed by atoms with Crippen molar-refractivity contribution in [1.29, 1.82) is 0 Å². The van der Waals surface area contributed by atoms with Gasteiger partial charge in [0.15, 0.2) is 0 Å². The second-order valence-electron chi connectivity index (χ2n) is 5.45. The molecule has 0 bridgehead atoms. The van der Waals surface area contributed by atoms with Crippen molar-refractivity contribution in [3.05, 3.63) is 52.2 Å². The number of hydrogen-bond acceptors (Lipinski definition) is 3. The van der Waals surface area contributed by atoms with Gasteiger partial charge < -0.3 is 10.6 Å². The van der Waals surface area contributed by atoms with Crippen LogP contribution in [-0.4, -0.2) is 18.4 Å². The Balaban J connectivity index is 1.97. The van der Waals surface area contributed by atoms with E-state index in [9.17, 15) is 9.59 Å². The van der Waals surface area contributed by atoms with Crippen molar-refractivity contribution >= 4 is 28.8 Å². The van der Waals surface area contributed by atoms with E-state index in [0.717, 1.165) is 6.42 Å². The summed E-state index contributed by atoms with van der Waals surface area (Å²) in [5, 5.41) is 7.55. The summed E-state index contributed by atoms with van der Waals surface area (Å²) in [5.41, 5.74) is 1.17. The normalized spacial score (nSPS) is 10.5. The van der Waals surface area contributed by atoms with E-state index < -0.39 is 0 Å². The van der Waals surface area contributed by atoms with E-state index in [-0.39, 0.29) is 11.8 Å². The summed E-state index contributed by atoms with van der Waals surface area (Å²) in [6, 6.07) is 10.6. The first-order valence-corrected chi connectivity index (χ1v) is 8.17. The van der Waals surface area contributed by atoms with Gasteiger partial charge in [0.2, 0.25) is 0 Å². The van der Waals surface area contributed by atoms with Gasteiger partial charge in [0, 0.05) is 17.8 Å². The van der Waals surface area contributed by atoms with E-state index in [1.165, 1.54) is 11.3 Å². The Kier molecular flexibility index (Phi) is 5.72. The molecule has 1 aromatic carbocycles. The third kappa shape index (κ3) is 4.70. The zero-order valence-electron chi connectivity index (χ0n) is 12.8. The summed E-state index contributed by atoms with van der Waals surface area (Å²) in [5.74, 6) is 0.275. The van der Waals surface area contributed by atoms with Crippen LogP contribution in [0, 0.1) is 5.92 Å². The van der Waals surface area contributed by atoms with E-state index in [1.54, 1.807) is 30.3 Å². The van der Waals surface area contributed by atoms with Crippen LogP contribution in [0.25, 0.3) is 0 Å². The highest BCUT2D eigenvalue weighted by Crippen LogP contribution is 2.15. The van der Waals surface area contributed by atoms with Crippen LogP contribution in [0.15, 0.2) is 41.8 Å². The fourth-order valence-corrected chi connectivity index (χ4v) is 2.53. The minimum Gasteiger partial charge on any atom is -0.352 e. The predicted molar refractivity (Wildman–Crippen MR) is 90.5 cm³/mol. The Bertz CT molecular complexity index is 636. The zero-order chi connectivity index (χ0) is 15.9. The van der Waals surface area contributed by atoms with Crippen molar-refractivity contribution in [3.63, 3.8) is 0 Å². The van der Waals surface area contributed by atoms with Gasteiger partial charge in [-0.3, -0.25) is 9.59 Å². The van der Waals surface area contributed by atoms with Crippen LogP contribution < -0.4 is 10.6 Å². The number of benzene rings is 1. The van der Waals surface area contributed by atoms with Gasteiger partial charge in [0.05, 0.1) is 4.88 Å². The van der Waals surface area contributed by atoms with Crippen LogP contribution in [0.5, 0.6) is 0 Å². The number of carbonyl (C=O) groups excluding carboxylic acids is 2. The van der Waals surface area contributed by atoms with Crippen LogP contribution in [-0.2, 0) is 0 Å². The Morgan fingerprint density at radius 2 is 1.95 bits per heavy atom. The lowest BCUT2D eigenvalue weighted by Crippen LogP contribution is -2.25. The molecule has 0 aliphatic carbocycles. The SMILES string of the molecule is CC(C)CCNC(=O)c1cccc(NC(=O)c2cccs2)c1. The monoisotopic (exact) mass is 316 g/mol. The molecule has 22 heavy (non-hydrogen) atoms. The van der Waals surface area contributed by atoms with Gasteiger partial charge in [-0.1, -0.05) is 26.0 Å². The number of nitrogens with one attached hydrogen (secondary N) is 2. The molecule has 1 heterocycles. The first kappa shape index (κ1) is 16.2. The lowest BCUT2D eigenvalue weighted by atomic mass is 10.1. The van der Waals surface area contributed by atoms with Crippen LogP contribution in [0.3, 0.4) is 0 Å². The molecular weight excluding hydrogens is 296 g/mol. The molecule has 5 heteroatoms. The largest absolute Gasteiger partial charge is 0.352 e. The smallest absolute Gasteiger partial charge is 0.265 e. The van der Waals surface area contributed by atoms with Crippen LogP contribution in [0.1, 0.15) is 40.3 Å². The summed E-state index contributed by atoms with van der Waals surface area (Å²) < 4.78 is 0. The molecule has 2 aromatic rings. The Hall–Kier alpha value is -2.14. The van der Waals surface area contributed by atoms with Crippen LogP contribution in [0.4, 0.5) is 5.69 Å². The molecule has 0 aliphatic heterocycles. The van der Waals surface area contributed by atoms with Crippen LogP contribution >= 0.6 is 11.3 Å². The number of anilines is 1. The quantitative estimate of drug-likeness (QED) is 0.852. The van der Waals surface area contributed by atoms with Gasteiger partial charge in [-0.15, -0.1) is 11.3 Å². The van der Waals surface area contributed by atoms with Gasteiger partial charge in [0.1, 0.15) is 0 Å². The molecular formula is C17H20N2O2S. The fraction of sp³-hybridized carbons (Fsp3) is 0.294. The highest BCUT2D eigenvalue weighted by Gasteiger charge is 2.09. The molecule has 2 amide bonds. The van der Waals surface area contributed by atoms with Crippen molar-refractivity contribution in [3.8, 4) is 0 Å². The summed E-state index contributed by atoms with van der Waals surface area (Å²) >= 11 is 1.38. The number of hydrogen-bond donors (Lipinski definition) is 2. The third-order valence-electron chi connectivity index (χ3n) is 3.13. The molecule has 0 saturated carbocycles. The number of thiophene rings is 1. The van der Waals surface area contributed by atoms with Crippen LogP contribution in [0.2, 0.25) is 0 Å². The summed E-state index contributed by atoms with van der Waals surface area (Å²) in [6.45, 7) is 4.89. The van der Waals surface area contributed by atoms with Gasteiger partial charge in [-0.25, -0.2) is 0 Å². The van der Waals surface area contributed by atoms with Gasteiger partial charge in [0.25, 0.3) is 11.8 Å². The fourth-order valence-electron chi connectivity index (χ4n) is 1.92. The number of carbonyl (C=O) groups is 2. The molecule has 0 radical (unpaired) electrons. The summed E-state index contributed by atoms with van der Waals surface area (Å²) in [4.78, 5) is 24.7. The van der Waals surface area contributed by atoms with E-state index in [4.69, 9.17) is 0 Å². The number of amides is 2. The highest BCUT2D eigenvalue weighted by molar-refractivity contribution is 7.12. The molecule has 2 rings (SSSR count). The summed E-state index contributed by atoms with van der Waals surface area (Å²) in [7, 11) is 0. The van der Waals surface area contributed by atoms with E-state index in [2.05, 4.69) is 24.5 Å². The Morgan fingerprint density at radius 3 is 2.64 bits per heavy atom. The molecule has 0 atom stereocenters. The van der Waals surface area contributed by atoms with Crippen molar-refractivity contribution in [1.82, 2.24) is 5.32 Å². The van der Waals surface area contributed by atoms with E-state index >= 15 is 0 Å². The Labute approximate surface area is 134 Å². The second kappa shape index (κ2) is 7.75. The maximum absolute atomic E-state index is 12.1. The molecule has 116 valence electrons. The van der Waals surface area contributed by atoms with Crippen molar-refractivity contribution < 1.29 is 9.59 Å². The first-order chi connectivity index (χ1) is 10.6. The second-order valence-corrected chi connectivity index (χ2v) is 6.40. The van der Waals surface area contributed by atoms with Crippen molar-refractivity contribution in [2.75, 3.05) is 11.9 Å². The van der Waals surface area contributed by atoms with E-state index in [1.807, 2.05) is 11.4 Å². The minimum atomic E-state index is -0.160. The summed E-state index contributed by atoms with van der Waals surface area (Å²) in [6.07, 6.45) is 0.945. The van der Waals surface area contributed by atoms with Crippen molar-refractivity contribution in [2.45, 2.75) is 20.3 Å². The average molecular weight is 316 g/mol. The molecule has 0 fully saturated rings. The Morgan fingerprint density at radius 1 is 1.14 bits per heavy atom. The third-order valence-corrected chi connectivity index (χ3v) is 4.00. The van der Waals surface area contributed by atoms with Crippen molar-refractivity contribution in [2.24, 2.45) is 5.92 Å². The molecule has 0 spiro atoms. The molecule has 2 N–H and O–H groups in total. The minimum absolute atomic E-state index is 0.118. The highest BCUT2D eigenvalue weighted by atomic mass is 32.1. The lowest BCUT2D eigenvalue weighted by Gasteiger charge is -2.09. The lowest BCUT2D eigenvalue weighted by molar-refractivity contribution is 0.0950. The van der Waals surface area contributed by atoms with Gasteiger partial charge in [-0.2, -0.15) is 0 Å². The average Bonchev–Trinajstić information content (AvgIpc) is 3.01. The number of rotatable bonds is 6. The standard InChI is InChI=1S/C17H20N2O2S/c1-12(2)8-9-18-16(20)13-5-3-6-14(11-13)19-17(21)15-7-4-10-22-15/h3-7,10-12H,8-9H2,1-2H3,(H,18,20)(H,19,21). The molecule has 4 nitrogen and oxygen atoms in total. The molecule has 0 aliphatic rings.